The largest absolute Gasteiger partial charge is 0.496 e. The quantitative estimate of drug-likeness (QED) is 0.884. The summed E-state index contributed by atoms with van der Waals surface area (Å²) in [5.74, 6) is 1.08. The Morgan fingerprint density at radius 2 is 2.05 bits per heavy atom. The van der Waals surface area contributed by atoms with Crippen LogP contribution in [-0.4, -0.2) is 7.11 Å². The Bertz CT molecular complexity index is 677. The topological polar surface area (TPSA) is 44.5 Å². The zero-order valence-electron chi connectivity index (χ0n) is 11.5. The first-order chi connectivity index (χ1) is 10.1. The molecule has 1 aliphatic rings. The number of halogens is 2. The zero-order valence-corrected chi connectivity index (χ0v) is 13.1. The van der Waals surface area contributed by atoms with Crippen molar-refractivity contribution >= 4 is 15.9 Å². The van der Waals surface area contributed by atoms with Crippen LogP contribution in [0.5, 0.6) is 11.5 Å². The van der Waals surface area contributed by atoms with Gasteiger partial charge < -0.3 is 15.2 Å². The van der Waals surface area contributed by atoms with Crippen LogP contribution in [0.2, 0.25) is 0 Å². The van der Waals surface area contributed by atoms with Crippen LogP contribution in [0.15, 0.2) is 40.9 Å². The van der Waals surface area contributed by atoms with E-state index < -0.39 is 0 Å². The van der Waals surface area contributed by atoms with Crippen molar-refractivity contribution in [1.29, 1.82) is 0 Å². The normalized spacial score (nSPS) is 20.6. The van der Waals surface area contributed by atoms with Gasteiger partial charge in [0.05, 0.1) is 7.11 Å². The van der Waals surface area contributed by atoms with Gasteiger partial charge >= 0.3 is 0 Å². The lowest BCUT2D eigenvalue weighted by Crippen LogP contribution is -2.24. The summed E-state index contributed by atoms with van der Waals surface area (Å²) in [7, 11) is 1.62. The molecule has 1 aliphatic heterocycles. The number of methoxy groups -OCH3 is 1. The smallest absolute Gasteiger partial charge is 0.129 e. The molecule has 2 aromatic carbocycles. The molecule has 0 bridgehead atoms. The lowest BCUT2D eigenvalue weighted by atomic mass is 9.93. The molecule has 0 saturated carbocycles. The summed E-state index contributed by atoms with van der Waals surface area (Å²) in [5, 5.41) is 0. The first-order valence-corrected chi connectivity index (χ1v) is 7.43. The number of fused-ring (bicyclic) bond motifs is 1. The van der Waals surface area contributed by atoms with Crippen LogP contribution in [0.3, 0.4) is 0 Å². The number of ether oxygens (including phenoxy) is 2. The lowest BCUT2D eigenvalue weighted by Gasteiger charge is -2.31. The Balaban J connectivity index is 1.99. The average Bonchev–Trinajstić information content (AvgIpc) is 2.47. The molecule has 0 radical (unpaired) electrons. The third-order valence-electron chi connectivity index (χ3n) is 3.65. The number of benzene rings is 2. The van der Waals surface area contributed by atoms with Gasteiger partial charge in [0.2, 0.25) is 0 Å². The second-order valence-electron chi connectivity index (χ2n) is 5.02. The van der Waals surface area contributed by atoms with Crippen molar-refractivity contribution in [2.24, 2.45) is 5.73 Å². The molecule has 3 nitrogen and oxygen atoms in total. The Kier molecular flexibility index (Phi) is 3.87. The monoisotopic (exact) mass is 351 g/mol. The zero-order chi connectivity index (χ0) is 15.0. The Hall–Kier alpha value is -1.59. The Morgan fingerprint density at radius 3 is 2.81 bits per heavy atom. The number of hydrogen-bond donors (Lipinski definition) is 1. The summed E-state index contributed by atoms with van der Waals surface area (Å²) in [6.45, 7) is 0. The van der Waals surface area contributed by atoms with Gasteiger partial charge in [0.25, 0.3) is 0 Å². The second kappa shape index (κ2) is 5.66. The van der Waals surface area contributed by atoms with Crippen LogP contribution in [0.25, 0.3) is 0 Å². The molecule has 2 unspecified atom stereocenters. The molecule has 1 heterocycles. The van der Waals surface area contributed by atoms with Crippen molar-refractivity contribution in [3.8, 4) is 11.5 Å². The summed E-state index contributed by atoms with van der Waals surface area (Å²) in [5.41, 5.74) is 7.81. The van der Waals surface area contributed by atoms with Gasteiger partial charge in [-0.1, -0.05) is 15.9 Å². The van der Waals surface area contributed by atoms with E-state index >= 15 is 0 Å². The molecule has 0 aliphatic carbocycles. The van der Waals surface area contributed by atoms with Crippen LogP contribution in [0.1, 0.15) is 29.7 Å². The van der Waals surface area contributed by atoms with E-state index in [1.165, 1.54) is 12.1 Å². The van der Waals surface area contributed by atoms with Crippen molar-refractivity contribution in [3.05, 3.63) is 57.8 Å². The van der Waals surface area contributed by atoms with E-state index in [-0.39, 0.29) is 18.0 Å². The van der Waals surface area contributed by atoms with Gasteiger partial charge in [-0.25, -0.2) is 4.39 Å². The van der Waals surface area contributed by atoms with E-state index in [0.29, 0.717) is 17.7 Å². The molecule has 2 aromatic rings. The van der Waals surface area contributed by atoms with E-state index in [2.05, 4.69) is 15.9 Å². The molecule has 2 N–H and O–H groups in total. The van der Waals surface area contributed by atoms with Gasteiger partial charge in [0.15, 0.2) is 0 Å². The predicted molar refractivity (Wildman–Crippen MR) is 82.0 cm³/mol. The average molecular weight is 352 g/mol. The van der Waals surface area contributed by atoms with Gasteiger partial charge in [0, 0.05) is 28.1 Å². The van der Waals surface area contributed by atoms with Crippen molar-refractivity contribution in [3.63, 3.8) is 0 Å². The van der Waals surface area contributed by atoms with Crippen molar-refractivity contribution in [2.45, 2.75) is 18.6 Å². The summed E-state index contributed by atoms with van der Waals surface area (Å²) in [6, 6.07) is 9.94. The molecule has 0 amide bonds. The molecule has 0 saturated heterocycles. The van der Waals surface area contributed by atoms with Crippen LogP contribution in [0.4, 0.5) is 4.39 Å². The van der Waals surface area contributed by atoms with Crippen molar-refractivity contribution < 1.29 is 13.9 Å². The summed E-state index contributed by atoms with van der Waals surface area (Å²) in [4.78, 5) is 0. The summed E-state index contributed by atoms with van der Waals surface area (Å²) < 4.78 is 25.7. The van der Waals surface area contributed by atoms with E-state index in [1.54, 1.807) is 13.2 Å². The Labute approximate surface area is 131 Å². The molecular weight excluding hydrogens is 337 g/mol. The fraction of sp³-hybridized carbons (Fsp3) is 0.250. The summed E-state index contributed by atoms with van der Waals surface area (Å²) in [6.07, 6.45) is 0.355. The lowest BCUT2D eigenvalue weighted by molar-refractivity contribution is 0.157. The summed E-state index contributed by atoms with van der Waals surface area (Å²) >= 11 is 3.46. The van der Waals surface area contributed by atoms with E-state index in [9.17, 15) is 4.39 Å². The van der Waals surface area contributed by atoms with E-state index in [1.807, 2.05) is 18.2 Å². The molecule has 5 heteroatoms. The van der Waals surface area contributed by atoms with Crippen LogP contribution in [0, 0.1) is 5.82 Å². The maximum atomic E-state index is 13.3. The second-order valence-corrected chi connectivity index (χ2v) is 5.93. The third kappa shape index (κ3) is 2.76. The minimum atomic E-state index is -0.300. The van der Waals surface area contributed by atoms with Gasteiger partial charge in [0.1, 0.15) is 23.4 Å². The molecular formula is C16H15BrFNO2. The SMILES string of the molecule is COc1ccc(Br)cc1C1CC(N)c2cc(F)ccc2O1. The first kappa shape index (κ1) is 14.4. The van der Waals surface area contributed by atoms with Gasteiger partial charge in [-0.05, 0) is 36.4 Å². The fourth-order valence-electron chi connectivity index (χ4n) is 2.62. The number of nitrogens with two attached hydrogens (primary N) is 1. The number of hydrogen-bond acceptors (Lipinski definition) is 3. The first-order valence-electron chi connectivity index (χ1n) is 6.63. The minimum absolute atomic E-state index is 0.217. The third-order valence-corrected chi connectivity index (χ3v) is 4.14. The van der Waals surface area contributed by atoms with Crippen LogP contribution >= 0.6 is 15.9 Å². The molecule has 0 aromatic heterocycles. The molecule has 21 heavy (non-hydrogen) atoms. The van der Waals surface area contributed by atoms with E-state index in [4.69, 9.17) is 15.2 Å². The maximum absolute atomic E-state index is 13.3. The Morgan fingerprint density at radius 1 is 1.24 bits per heavy atom. The molecule has 3 rings (SSSR count). The number of rotatable bonds is 2. The van der Waals surface area contributed by atoms with Gasteiger partial charge in [-0.15, -0.1) is 0 Å². The highest BCUT2D eigenvalue weighted by Gasteiger charge is 2.29. The van der Waals surface area contributed by atoms with Crippen LogP contribution < -0.4 is 15.2 Å². The molecule has 0 fully saturated rings. The minimum Gasteiger partial charge on any atom is -0.496 e. The van der Waals surface area contributed by atoms with Gasteiger partial charge in [-0.3, -0.25) is 0 Å². The van der Waals surface area contributed by atoms with E-state index in [0.717, 1.165) is 15.8 Å². The van der Waals surface area contributed by atoms with Gasteiger partial charge in [-0.2, -0.15) is 0 Å². The maximum Gasteiger partial charge on any atom is 0.129 e. The molecule has 110 valence electrons. The van der Waals surface area contributed by atoms with Crippen LogP contribution in [-0.2, 0) is 0 Å². The molecule has 0 spiro atoms. The fourth-order valence-corrected chi connectivity index (χ4v) is 3.00. The standard InChI is InChI=1S/C16H15BrFNO2/c1-20-14-4-2-9(17)6-12(14)16-8-13(19)11-7-10(18)3-5-15(11)21-16/h2-7,13,16H,8,19H2,1H3. The molecule has 2 atom stereocenters. The predicted octanol–water partition coefficient (Wildman–Crippen LogP) is 4.12. The van der Waals surface area contributed by atoms with Crippen molar-refractivity contribution in [2.75, 3.05) is 7.11 Å². The van der Waals surface area contributed by atoms with Crippen molar-refractivity contribution in [1.82, 2.24) is 0 Å². The highest BCUT2D eigenvalue weighted by Crippen LogP contribution is 2.42. The highest BCUT2D eigenvalue weighted by atomic mass is 79.9. The highest BCUT2D eigenvalue weighted by molar-refractivity contribution is 9.10.